The second-order valence-corrected chi connectivity index (χ2v) is 4.72. The van der Waals surface area contributed by atoms with Crippen LogP contribution in [0.3, 0.4) is 0 Å². The molecule has 0 saturated carbocycles. The molecule has 2 N–H and O–H groups in total. The molecule has 0 aromatic carbocycles. The number of rotatable bonds is 2. The van der Waals surface area contributed by atoms with Gasteiger partial charge in [-0.2, -0.15) is 10.4 Å². The number of furan rings is 1. The normalized spacial score (nSPS) is 10.7. The van der Waals surface area contributed by atoms with Crippen molar-refractivity contribution in [2.24, 2.45) is 0 Å². The molecule has 0 atom stereocenters. The number of pyridine rings is 1. The van der Waals surface area contributed by atoms with Crippen LogP contribution in [0.2, 0.25) is 0 Å². The van der Waals surface area contributed by atoms with Crippen molar-refractivity contribution in [3.63, 3.8) is 0 Å². The Morgan fingerprint density at radius 1 is 1.52 bits per heavy atom. The molecule has 0 radical (unpaired) electrons. The third kappa shape index (κ3) is 1.79. The molecule has 3 aromatic heterocycles. The van der Waals surface area contributed by atoms with Crippen molar-refractivity contribution >= 4 is 17.1 Å². The number of Topliss-reactive ketones (excluding diaryl/α,β-unsaturated/α-hetero) is 1. The summed E-state index contributed by atoms with van der Waals surface area (Å²) in [7, 11) is 0. The average Bonchev–Trinajstić information content (AvgIpc) is 3.05. The summed E-state index contributed by atoms with van der Waals surface area (Å²) in [5.74, 6) is 0.614. The Morgan fingerprint density at radius 3 is 2.86 bits per heavy atom. The Hall–Kier alpha value is -3.07. The van der Waals surface area contributed by atoms with E-state index in [1.807, 2.05) is 0 Å². The maximum atomic E-state index is 11.8. The number of nitrogens with two attached hydrogens (primary N) is 1. The number of hydrogen-bond donors (Lipinski definition) is 1. The molecule has 0 aliphatic rings. The van der Waals surface area contributed by atoms with Crippen LogP contribution in [-0.2, 0) is 0 Å². The molecule has 0 amide bonds. The summed E-state index contributed by atoms with van der Waals surface area (Å²) in [6.45, 7) is 3.22. The fourth-order valence-electron chi connectivity index (χ4n) is 2.49. The van der Waals surface area contributed by atoms with Gasteiger partial charge in [0.05, 0.1) is 23.0 Å². The number of aromatic nitrogens is 2. The minimum atomic E-state index is -0.1000. The lowest BCUT2D eigenvalue weighted by molar-refractivity contribution is 0.101. The summed E-state index contributed by atoms with van der Waals surface area (Å²) in [5.41, 5.74) is 8.52. The first-order valence-electron chi connectivity index (χ1n) is 6.31. The van der Waals surface area contributed by atoms with Gasteiger partial charge in [-0.3, -0.25) is 4.79 Å². The van der Waals surface area contributed by atoms with Gasteiger partial charge in [0.1, 0.15) is 23.2 Å². The van der Waals surface area contributed by atoms with Crippen LogP contribution < -0.4 is 5.73 Å². The molecule has 104 valence electrons. The lowest BCUT2D eigenvalue weighted by Gasteiger charge is -2.07. The fourth-order valence-corrected chi connectivity index (χ4v) is 2.49. The maximum Gasteiger partial charge on any atom is 0.163 e. The molecule has 0 spiro atoms. The third-order valence-corrected chi connectivity index (χ3v) is 3.38. The van der Waals surface area contributed by atoms with Gasteiger partial charge < -0.3 is 10.2 Å². The molecule has 3 heterocycles. The molecule has 0 saturated heterocycles. The zero-order valence-electron chi connectivity index (χ0n) is 11.5. The van der Waals surface area contributed by atoms with Crippen molar-refractivity contribution in [2.45, 2.75) is 13.8 Å². The van der Waals surface area contributed by atoms with Crippen molar-refractivity contribution in [3.8, 4) is 17.4 Å². The Bertz CT molecular complexity index is 898. The van der Waals surface area contributed by atoms with Crippen molar-refractivity contribution < 1.29 is 9.21 Å². The minimum Gasteiger partial charge on any atom is -0.464 e. The highest BCUT2D eigenvalue weighted by Gasteiger charge is 2.21. The molecule has 0 aliphatic heterocycles. The Morgan fingerprint density at radius 2 is 2.29 bits per heavy atom. The highest BCUT2D eigenvalue weighted by Crippen LogP contribution is 2.31. The van der Waals surface area contributed by atoms with Crippen LogP contribution in [0.4, 0.5) is 5.82 Å². The molecule has 3 aromatic rings. The van der Waals surface area contributed by atoms with Crippen LogP contribution in [-0.4, -0.2) is 15.4 Å². The number of nitrogens with zero attached hydrogens (tertiary/aromatic N) is 3. The van der Waals surface area contributed by atoms with Crippen LogP contribution in [0.1, 0.15) is 28.5 Å². The summed E-state index contributed by atoms with van der Waals surface area (Å²) in [6.07, 6.45) is 1.52. The molecule has 21 heavy (non-hydrogen) atoms. The van der Waals surface area contributed by atoms with E-state index in [0.29, 0.717) is 28.1 Å². The van der Waals surface area contributed by atoms with Crippen molar-refractivity contribution in [1.82, 2.24) is 9.61 Å². The molecule has 6 heteroatoms. The topological polar surface area (TPSA) is 97.3 Å². The number of carbonyl (C=O) groups excluding carboxylic acids is 1. The molecule has 0 unspecified atom stereocenters. The van der Waals surface area contributed by atoms with E-state index in [4.69, 9.17) is 10.2 Å². The van der Waals surface area contributed by atoms with E-state index >= 15 is 0 Å². The summed E-state index contributed by atoms with van der Waals surface area (Å²) >= 11 is 0. The summed E-state index contributed by atoms with van der Waals surface area (Å²) in [5, 5.41) is 13.6. The molecule has 6 nitrogen and oxygen atoms in total. The van der Waals surface area contributed by atoms with Gasteiger partial charge in [0.25, 0.3) is 0 Å². The van der Waals surface area contributed by atoms with E-state index in [9.17, 15) is 10.1 Å². The number of nitriles is 1. The van der Waals surface area contributed by atoms with E-state index in [-0.39, 0.29) is 17.2 Å². The van der Waals surface area contributed by atoms with Crippen molar-refractivity contribution in [3.05, 3.63) is 41.3 Å². The molecular weight excluding hydrogens is 268 g/mol. The lowest BCUT2D eigenvalue weighted by Crippen LogP contribution is -2.04. The largest absolute Gasteiger partial charge is 0.464 e. The number of nitrogen functional groups attached to an aromatic ring is 1. The third-order valence-electron chi connectivity index (χ3n) is 3.38. The van der Waals surface area contributed by atoms with Gasteiger partial charge in [-0.05, 0) is 32.0 Å². The molecule has 0 fully saturated rings. The number of fused-ring (bicyclic) bond motifs is 1. The number of carbonyl (C=O) groups is 1. The second kappa shape index (κ2) is 4.49. The van der Waals surface area contributed by atoms with Gasteiger partial charge in [-0.15, -0.1) is 0 Å². The molecule has 0 bridgehead atoms. The fraction of sp³-hybridized carbons (Fsp3) is 0.133. The molecule has 3 rings (SSSR count). The van der Waals surface area contributed by atoms with Gasteiger partial charge in [0.15, 0.2) is 5.78 Å². The van der Waals surface area contributed by atoms with Crippen LogP contribution in [0, 0.1) is 18.3 Å². The summed E-state index contributed by atoms with van der Waals surface area (Å²) in [4.78, 5) is 11.8. The molecular formula is C15H12N4O2. The molecule has 0 aliphatic carbocycles. The van der Waals surface area contributed by atoms with E-state index in [2.05, 4.69) is 11.2 Å². The number of anilines is 1. The number of ketones is 1. The monoisotopic (exact) mass is 280 g/mol. The van der Waals surface area contributed by atoms with E-state index in [1.165, 1.54) is 17.7 Å². The van der Waals surface area contributed by atoms with Crippen LogP contribution in [0.5, 0.6) is 0 Å². The van der Waals surface area contributed by atoms with Crippen molar-refractivity contribution in [1.29, 1.82) is 5.26 Å². The zero-order chi connectivity index (χ0) is 15.1. The SMILES string of the molecule is CC(=O)c1c(C)nn2c(N)c(C#N)c(-c3ccco3)cc12. The average molecular weight is 280 g/mol. The second-order valence-electron chi connectivity index (χ2n) is 4.72. The maximum absolute atomic E-state index is 11.8. The predicted octanol–water partition coefficient (Wildman–Crippen LogP) is 2.56. The van der Waals surface area contributed by atoms with E-state index in [0.717, 1.165) is 0 Å². The Labute approximate surface area is 120 Å². The number of aryl methyl sites for hydroxylation is 1. The van der Waals surface area contributed by atoms with E-state index in [1.54, 1.807) is 25.1 Å². The lowest BCUT2D eigenvalue weighted by atomic mass is 10.0. The predicted molar refractivity (Wildman–Crippen MR) is 76.8 cm³/mol. The van der Waals surface area contributed by atoms with E-state index < -0.39 is 0 Å². The first kappa shape index (κ1) is 12.9. The van der Waals surface area contributed by atoms with Crippen molar-refractivity contribution in [2.75, 3.05) is 5.73 Å². The number of hydrogen-bond acceptors (Lipinski definition) is 5. The van der Waals surface area contributed by atoms with Gasteiger partial charge in [0.2, 0.25) is 0 Å². The summed E-state index contributed by atoms with van der Waals surface area (Å²) < 4.78 is 6.78. The van der Waals surface area contributed by atoms with Crippen LogP contribution in [0.15, 0.2) is 28.9 Å². The quantitative estimate of drug-likeness (QED) is 0.727. The first-order valence-corrected chi connectivity index (χ1v) is 6.31. The zero-order valence-corrected chi connectivity index (χ0v) is 11.5. The summed E-state index contributed by atoms with van der Waals surface area (Å²) in [6, 6.07) is 7.25. The van der Waals surface area contributed by atoms with Gasteiger partial charge in [0, 0.05) is 5.56 Å². The highest BCUT2D eigenvalue weighted by atomic mass is 16.3. The first-order chi connectivity index (χ1) is 10.0. The van der Waals surface area contributed by atoms with Gasteiger partial charge >= 0.3 is 0 Å². The van der Waals surface area contributed by atoms with Gasteiger partial charge in [-0.25, -0.2) is 4.52 Å². The minimum absolute atomic E-state index is 0.1000. The highest BCUT2D eigenvalue weighted by molar-refractivity contribution is 6.03. The standard InChI is InChI=1S/C15H12N4O2/c1-8-14(9(2)20)12-6-10(13-4-3-5-21-13)11(7-16)15(17)19(12)18-8/h3-6H,17H2,1-2H3. The van der Waals surface area contributed by atoms with Crippen LogP contribution >= 0.6 is 0 Å². The Balaban J connectivity index is 2.47. The Kier molecular flexibility index (Phi) is 2.77. The van der Waals surface area contributed by atoms with Gasteiger partial charge in [-0.1, -0.05) is 0 Å². The smallest absolute Gasteiger partial charge is 0.163 e. The van der Waals surface area contributed by atoms with Crippen LogP contribution in [0.25, 0.3) is 16.8 Å².